The van der Waals surface area contributed by atoms with Gasteiger partial charge in [0, 0.05) is 26.7 Å². The molecule has 0 saturated carbocycles. The van der Waals surface area contributed by atoms with Crippen LogP contribution in [0.3, 0.4) is 0 Å². The molecular formula is C14H23NO2. The van der Waals surface area contributed by atoms with Gasteiger partial charge in [-0.1, -0.05) is 26.0 Å². The number of nitrogens with zero attached hydrogens (tertiary/aromatic N) is 1. The maximum atomic E-state index is 9.24. The van der Waals surface area contributed by atoms with E-state index in [1.54, 1.807) is 19.2 Å². The normalized spacial score (nSPS) is 11.4. The molecule has 0 aliphatic rings. The molecule has 3 heteroatoms. The predicted octanol–water partition coefficient (Wildman–Crippen LogP) is 2.50. The summed E-state index contributed by atoms with van der Waals surface area (Å²) in [5, 5.41) is 9.24. The molecule has 0 aromatic heterocycles. The van der Waals surface area contributed by atoms with Gasteiger partial charge >= 0.3 is 0 Å². The van der Waals surface area contributed by atoms with Crippen molar-refractivity contribution in [3.63, 3.8) is 0 Å². The number of hydrogen-bond acceptors (Lipinski definition) is 3. The van der Waals surface area contributed by atoms with Crippen molar-refractivity contribution in [3.8, 4) is 5.75 Å². The predicted molar refractivity (Wildman–Crippen MR) is 70.1 cm³/mol. The van der Waals surface area contributed by atoms with Crippen molar-refractivity contribution in [1.82, 2.24) is 4.90 Å². The molecule has 1 N–H and O–H groups in total. The second-order valence-corrected chi connectivity index (χ2v) is 4.79. The Labute approximate surface area is 104 Å². The molecule has 1 rings (SSSR count). The third kappa shape index (κ3) is 5.71. The molecule has 0 saturated heterocycles. The lowest BCUT2D eigenvalue weighted by atomic mass is 10.1. The molecule has 0 atom stereocenters. The van der Waals surface area contributed by atoms with Gasteiger partial charge < -0.3 is 9.84 Å². The number of rotatable bonds is 7. The van der Waals surface area contributed by atoms with Crippen molar-refractivity contribution in [1.29, 1.82) is 0 Å². The first-order chi connectivity index (χ1) is 8.11. The second kappa shape index (κ2) is 7.30. The topological polar surface area (TPSA) is 32.7 Å². The molecule has 3 nitrogen and oxygen atoms in total. The van der Waals surface area contributed by atoms with Gasteiger partial charge in [0.15, 0.2) is 0 Å². The standard InChI is InChI=1S/C14H23NO2/c1-12(2)10-15(8-9-17-3)11-13-4-6-14(16)7-5-13/h4-7,12,16H,8-11H2,1-3H3. The molecule has 0 heterocycles. The maximum Gasteiger partial charge on any atom is 0.115 e. The Bertz CT molecular complexity index is 309. The number of ether oxygens (including phenoxy) is 1. The molecule has 17 heavy (non-hydrogen) atoms. The van der Waals surface area contributed by atoms with E-state index < -0.39 is 0 Å². The van der Waals surface area contributed by atoms with Gasteiger partial charge in [0.25, 0.3) is 0 Å². The molecule has 0 bridgehead atoms. The van der Waals surface area contributed by atoms with Crippen molar-refractivity contribution in [2.75, 3.05) is 26.8 Å². The Morgan fingerprint density at radius 3 is 2.41 bits per heavy atom. The lowest BCUT2D eigenvalue weighted by Crippen LogP contribution is -2.30. The lowest BCUT2D eigenvalue weighted by molar-refractivity contribution is 0.136. The minimum Gasteiger partial charge on any atom is -0.508 e. The molecule has 0 aliphatic heterocycles. The minimum absolute atomic E-state index is 0.320. The first-order valence-corrected chi connectivity index (χ1v) is 6.11. The van der Waals surface area contributed by atoms with Gasteiger partial charge in [-0.3, -0.25) is 4.90 Å². The summed E-state index contributed by atoms with van der Waals surface area (Å²) in [6.45, 7) is 8.10. The zero-order chi connectivity index (χ0) is 12.7. The summed E-state index contributed by atoms with van der Waals surface area (Å²) >= 11 is 0. The Hall–Kier alpha value is -1.06. The fourth-order valence-electron chi connectivity index (χ4n) is 1.83. The molecule has 0 unspecified atom stereocenters. The van der Waals surface area contributed by atoms with Crippen LogP contribution < -0.4 is 0 Å². The fraction of sp³-hybridized carbons (Fsp3) is 0.571. The monoisotopic (exact) mass is 237 g/mol. The van der Waals surface area contributed by atoms with Crippen LogP contribution in [0.25, 0.3) is 0 Å². The number of phenolic OH excluding ortho intramolecular Hbond substituents is 1. The number of hydrogen-bond donors (Lipinski definition) is 1. The highest BCUT2D eigenvalue weighted by atomic mass is 16.5. The highest BCUT2D eigenvalue weighted by molar-refractivity contribution is 5.25. The van der Waals surface area contributed by atoms with E-state index in [0.29, 0.717) is 11.7 Å². The summed E-state index contributed by atoms with van der Waals surface area (Å²) in [5.41, 5.74) is 1.22. The molecular weight excluding hydrogens is 214 g/mol. The van der Waals surface area contributed by atoms with Crippen LogP contribution in [0.15, 0.2) is 24.3 Å². The van der Waals surface area contributed by atoms with E-state index in [0.717, 1.165) is 26.2 Å². The highest BCUT2D eigenvalue weighted by Gasteiger charge is 2.08. The van der Waals surface area contributed by atoms with Crippen LogP contribution in [0.2, 0.25) is 0 Å². The zero-order valence-electron chi connectivity index (χ0n) is 11.0. The van der Waals surface area contributed by atoms with E-state index in [-0.39, 0.29) is 0 Å². The average Bonchev–Trinajstić information content (AvgIpc) is 2.28. The van der Waals surface area contributed by atoms with Gasteiger partial charge in [-0.15, -0.1) is 0 Å². The van der Waals surface area contributed by atoms with Crippen molar-refractivity contribution in [2.45, 2.75) is 20.4 Å². The van der Waals surface area contributed by atoms with Gasteiger partial charge in [0.1, 0.15) is 5.75 Å². The van der Waals surface area contributed by atoms with Crippen molar-refractivity contribution in [3.05, 3.63) is 29.8 Å². The number of benzene rings is 1. The van der Waals surface area contributed by atoms with Crippen LogP contribution in [-0.2, 0) is 11.3 Å². The van der Waals surface area contributed by atoms with Crippen LogP contribution in [0.5, 0.6) is 5.75 Å². The van der Waals surface area contributed by atoms with E-state index >= 15 is 0 Å². The second-order valence-electron chi connectivity index (χ2n) is 4.79. The van der Waals surface area contributed by atoms with Crippen LogP contribution in [-0.4, -0.2) is 36.8 Å². The zero-order valence-corrected chi connectivity index (χ0v) is 11.0. The van der Waals surface area contributed by atoms with E-state index in [4.69, 9.17) is 4.74 Å². The van der Waals surface area contributed by atoms with Gasteiger partial charge in [-0.25, -0.2) is 0 Å². The summed E-state index contributed by atoms with van der Waals surface area (Å²) in [6, 6.07) is 7.41. The number of aromatic hydroxyl groups is 1. The SMILES string of the molecule is COCCN(Cc1ccc(O)cc1)CC(C)C. The van der Waals surface area contributed by atoms with Gasteiger partial charge in [-0.05, 0) is 23.6 Å². The van der Waals surface area contributed by atoms with Gasteiger partial charge in [-0.2, -0.15) is 0 Å². The van der Waals surface area contributed by atoms with Crippen molar-refractivity contribution < 1.29 is 9.84 Å². The molecule has 1 aromatic carbocycles. The Morgan fingerprint density at radius 2 is 1.88 bits per heavy atom. The quantitative estimate of drug-likeness (QED) is 0.791. The Morgan fingerprint density at radius 1 is 1.24 bits per heavy atom. The lowest BCUT2D eigenvalue weighted by Gasteiger charge is -2.24. The molecule has 96 valence electrons. The molecule has 1 aromatic rings. The van der Waals surface area contributed by atoms with E-state index in [1.165, 1.54) is 5.56 Å². The summed E-state index contributed by atoms with van der Waals surface area (Å²) in [5.74, 6) is 0.963. The van der Waals surface area contributed by atoms with E-state index in [9.17, 15) is 5.11 Å². The Balaban J connectivity index is 2.54. The molecule has 0 fully saturated rings. The summed E-state index contributed by atoms with van der Waals surface area (Å²) < 4.78 is 5.13. The largest absolute Gasteiger partial charge is 0.508 e. The smallest absolute Gasteiger partial charge is 0.115 e. The van der Waals surface area contributed by atoms with Crippen LogP contribution >= 0.6 is 0 Å². The summed E-state index contributed by atoms with van der Waals surface area (Å²) in [4.78, 5) is 2.38. The number of phenols is 1. The maximum absolute atomic E-state index is 9.24. The Kier molecular flexibility index (Phi) is 6.01. The van der Waals surface area contributed by atoms with E-state index in [2.05, 4.69) is 18.7 Å². The number of methoxy groups -OCH3 is 1. The molecule has 0 aliphatic carbocycles. The molecule has 0 amide bonds. The van der Waals surface area contributed by atoms with Crippen molar-refractivity contribution in [2.24, 2.45) is 5.92 Å². The summed E-state index contributed by atoms with van der Waals surface area (Å²) in [7, 11) is 1.73. The first kappa shape index (κ1) is 14.0. The van der Waals surface area contributed by atoms with Gasteiger partial charge in [0.05, 0.1) is 6.61 Å². The summed E-state index contributed by atoms with van der Waals surface area (Å²) in [6.07, 6.45) is 0. The third-order valence-corrected chi connectivity index (χ3v) is 2.58. The minimum atomic E-state index is 0.320. The average molecular weight is 237 g/mol. The van der Waals surface area contributed by atoms with Crippen molar-refractivity contribution >= 4 is 0 Å². The fourth-order valence-corrected chi connectivity index (χ4v) is 1.83. The third-order valence-electron chi connectivity index (χ3n) is 2.58. The van der Waals surface area contributed by atoms with Gasteiger partial charge in [0.2, 0.25) is 0 Å². The van der Waals surface area contributed by atoms with Crippen LogP contribution in [0.1, 0.15) is 19.4 Å². The van der Waals surface area contributed by atoms with E-state index in [1.807, 2.05) is 12.1 Å². The highest BCUT2D eigenvalue weighted by Crippen LogP contribution is 2.12. The van der Waals surface area contributed by atoms with Crippen LogP contribution in [0, 0.1) is 5.92 Å². The first-order valence-electron chi connectivity index (χ1n) is 6.11. The molecule has 0 spiro atoms. The van der Waals surface area contributed by atoms with Crippen LogP contribution in [0.4, 0.5) is 0 Å². The molecule has 0 radical (unpaired) electrons.